The predicted octanol–water partition coefficient (Wildman–Crippen LogP) is 1.41. The highest BCUT2D eigenvalue weighted by Gasteiger charge is 2.20. The molecule has 0 heterocycles. The van der Waals surface area contributed by atoms with Crippen LogP contribution in [0.1, 0.15) is 27.2 Å². The maximum absolute atomic E-state index is 11.3. The minimum Gasteiger partial charge on any atom is -0.465 e. The van der Waals surface area contributed by atoms with Gasteiger partial charge in [0, 0.05) is 11.8 Å². The summed E-state index contributed by atoms with van der Waals surface area (Å²) in [6, 6.07) is 0. The van der Waals surface area contributed by atoms with Crippen molar-refractivity contribution in [2.75, 3.05) is 13.2 Å². The minimum absolute atomic E-state index is 0.0569. The van der Waals surface area contributed by atoms with Crippen molar-refractivity contribution < 1.29 is 9.53 Å². The Morgan fingerprint density at radius 1 is 1.54 bits per heavy atom. The average Bonchev–Trinajstić information content (AvgIpc) is 2.14. The summed E-state index contributed by atoms with van der Waals surface area (Å²) in [6.45, 7) is 6.87. The van der Waals surface area contributed by atoms with Crippen molar-refractivity contribution in [2.45, 2.75) is 37.7 Å². The molecule has 0 amide bonds. The summed E-state index contributed by atoms with van der Waals surface area (Å²) in [4.78, 5) is 11.3. The van der Waals surface area contributed by atoms with E-state index in [1.54, 1.807) is 11.8 Å². The molecule has 0 saturated heterocycles. The van der Waals surface area contributed by atoms with Gasteiger partial charge in [0.15, 0.2) is 0 Å². The van der Waals surface area contributed by atoms with Gasteiger partial charge in [0.1, 0.15) is 5.25 Å². The Hall–Kier alpha value is -0.220. The van der Waals surface area contributed by atoms with Gasteiger partial charge in [-0.15, -0.1) is 11.8 Å². The molecule has 2 N–H and O–H groups in total. The Labute approximate surface area is 84.4 Å². The van der Waals surface area contributed by atoms with Crippen molar-refractivity contribution in [3.05, 3.63) is 0 Å². The molecule has 0 aromatic rings. The molecule has 0 bridgehead atoms. The molecule has 0 radical (unpaired) electrons. The van der Waals surface area contributed by atoms with Gasteiger partial charge in [-0.3, -0.25) is 4.79 Å². The second kappa shape index (κ2) is 7.21. The van der Waals surface area contributed by atoms with Crippen molar-refractivity contribution in [2.24, 2.45) is 5.73 Å². The summed E-state index contributed by atoms with van der Waals surface area (Å²) in [5, 5.41) is 0.257. The molecule has 0 fully saturated rings. The molecule has 3 nitrogen and oxygen atoms in total. The van der Waals surface area contributed by atoms with Gasteiger partial charge in [0.2, 0.25) is 0 Å². The molecule has 0 aliphatic rings. The van der Waals surface area contributed by atoms with Gasteiger partial charge in [0.05, 0.1) is 6.61 Å². The van der Waals surface area contributed by atoms with Crippen LogP contribution in [0.2, 0.25) is 0 Å². The Morgan fingerprint density at radius 3 is 2.54 bits per heavy atom. The van der Waals surface area contributed by atoms with E-state index < -0.39 is 0 Å². The van der Waals surface area contributed by atoms with E-state index in [2.05, 4.69) is 0 Å². The lowest BCUT2D eigenvalue weighted by Gasteiger charge is -2.16. The first-order valence-electron chi connectivity index (χ1n) is 4.67. The third-order valence-electron chi connectivity index (χ3n) is 1.65. The first-order valence-corrected chi connectivity index (χ1v) is 5.62. The second-order valence-corrected chi connectivity index (χ2v) is 4.48. The zero-order chi connectivity index (χ0) is 10.3. The number of nitrogens with two attached hydrogens (primary N) is 1. The van der Waals surface area contributed by atoms with E-state index in [-0.39, 0.29) is 11.2 Å². The number of hydrogen-bond donors (Lipinski definition) is 1. The van der Waals surface area contributed by atoms with E-state index in [9.17, 15) is 4.79 Å². The maximum atomic E-state index is 11.3. The number of carbonyl (C=O) groups excluding carboxylic acids is 1. The van der Waals surface area contributed by atoms with Gasteiger partial charge in [-0.25, -0.2) is 0 Å². The standard InChI is InChI=1S/C9H19NO2S/c1-4-8(9(11)12-5-2)13-7(3)6-10/h7-8H,4-6,10H2,1-3H3. The van der Waals surface area contributed by atoms with Crippen molar-refractivity contribution in [1.29, 1.82) is 0 Å². The lowest BCUT2D eigenvalue weighted by molar-refractivity contribution is -0.142. The molecular formula is C9H19NO2S. The van der Waals surface area contributed by atoms with E-state index in [1.165, 1.54) is 0 Å². The summed E-state index contributed by atoms with van der Waals surface area (Å²) in [6.07, 6.45) is 0.799. The highest BCUT2D eigenvalue weighted by Crippen LogP contribution is 2.20. The summed E-state index contributed by atoms with van der Waals surface area (Å²) >= 11 is 1.59. The van der Waals surface area contributed by atoms with Crippen LogP contribution in [-0.4, -0.2) is 29.6 Å². The Balaban J connectivity index is 3.94. The van der Waals surface area contributed by atoms with Gasteiger partial charge < -0.3 is 10.5 Å². The molecule has 0 aromatic carbocycles. The molecule has 0 spiro atoms. The Bertz CT molecular complexity index is 153. The van der Waals surface area contributed by atoms with Crippen LogP contribution in [0, 0.1) is 0 Å². The van der Waals surface area contributed by atoms with Crippen LogP contribution in [-0.2, 0) is 9.53 Å². The van der Waals surface area contributed by atoms with Crippen molar-refractivity contribution in [1.82, 2.24) is 0 Å². The van der Waals surface area contributed by atoms with E-state index in [4.69, 9.17) is 10.5 Å². The van der Waals surface area contributed by atoms with E-state index in [0.29, 0.717) is 18.4 Å². The fraction of sp³-hybridized carbons (Fsp3) is 0.889. The number of ether oxygens (including phenoxy) is 1. The molecule has 0 saturated carbocycles. The Morgan fingerprint density at radius 2 is 2.15 bits per heavy atom. The first-order chi connectivity index (χ1) is 6.15. The van der Waals surface area contributed by atoms with Gasteiger partial charge in [-0.1, -0.05) is 13.8 Å². The molecule has 78 valence electrons. The van der Waals surface area contributed by atoms with Crippen molar-refractivity contribution in [3.63, 3.8) is 0 Å². The van der Waals surface area contributed by atoms with Gasteiger partial charge in [-0.05, 0) is 13.3 Å². The number of carbonyl (C=O) groups is 1. The molecule has 4 heteroatoms. The van der Waals surface area contributed by atoms with Crippen molar-refractivity contribution in [3.8, 4) is 0 Å². The molecule has 0 aliphatic heterocycles. The normalized spacial score (nSPS) is 15.1. The highest BCUT2D eigenvalue weighted by molar-refractivity contribution is 8.01. The van der Waals surface area contributed by atoms with Crippen LogP contribution in [0.3, 0.4) is 0 Å². The minimum atomic E-state index is -0.115. The SMILES string of the molecule is CCOC(=O)C(CC)SC(C)CN. The largest absolute Gasteiger partial charge is 0.465 e. The van der Waals surface area contributed by atoms with Gasteiger partial charge >= 0.3 is 5.97 Å². The quantitative estimate of drug-likeness (QED) is 0.666. The van der Waals surface area contributed by atoms with Crippen LogP contribution >= 0.6 is 11.8 Å². The molecular weight excluding hydrogens is 186 g/mol. The van der Waals surface area contributed by atoms with Crippen LogP contribution in [0.5, 0.6) is 0 Å². The predicted molar refractivity (Wildman–Crippen MR) is 56.8 cm³/mol. The molecule has 0 rings (SSSR count). The van der Waals surface area contributed by atoms with E-state index in [0.717, 1.165) is 6.42 Å². The zero-order valence-corrected chi connectivity index (χ0v) is 9.39. The number of esters is 1. The number of thioether (sulfide) groups is 1. The summed E-state index contributed by atoms with van der Waals surface area (Å²) in [7, 11) is 0. The van der Waals surface area contributed by atoms with Crippen molar-refractivity contribution >= 4 is 17.7 Å². The fourth-order valence-corrected chi connectivity index (χ4v) is 1.93. The van der Waals surface area contributed by atoms with Gasteiger partial charge in [-0.2, -0.15) is 0 Å². The summed E-state index contributed by atoms with van der Waals surface area (Å²) in [5.41, 5.74) is 5.48. The van der Waals surface area contributed by atoms with Crippen LogP contribution < -0.4 is 5.73 Å². The lowest BCUT2D eigenvalue weighted by atomic mass is 10.3. The highest BCUT2D eigenvalue weighted by atomic mass is 32.2. The molecule has 2 unspecified atom stereocenters. The summed E-state index contributed by atoms with van der Waals surface area (Å²) < 4.78 is 4.94. The molecule has 13 heavy (non-hydrogen) atoms. The van der Waals surface area contributed by atoms with E-state index in [1.807, 2.05) is 20.8 Å². The van der Waals surface area contributed by atoms with Gasteiger partial charge in [0.25, 0.3) is 0 Å². The first kappa shape index (κ1) is 12.8. The number of hydrogen-bond acceptors (Lipinski definition) is 4. The fourth-order valence-electron chi connectivity index (χ4n) is 0.890. The topological polar surface area (TPSA) is 52.3 Å². The van der Waals surface area contributed by atoms with Crippen LogP contribution in [0.25, 0.3) is 0 Å². The Kier molecular flexibility index (Phi) is 7.09. The number of rotatable bonds is 6. The smallest absolute Gasteiger partial charge is 0.319 e. The average molecular weight is 205 g/mol. The maximum Gasteiger partial charge on any atom is 0.319 e. The molecule has 0 aliphatic carbocycles. The summed E-state index contributed by atoms with van der Waals surface area (Å²) in [5.74, 6) is -0.115. The third-order valence-corrected chi connectivity index (χ3v) is 3.16. The zero-order valence-electron chi connectivity index (χ0n) is 8.58. The third kappa shape index (κ3) is 5.16. The molecule has 2 atom stereocenters. The second-order valence-electron chi connectivity index (χ2n) is 2.83. The van der Waals surface area contributed by atoms with Crippen LogP contribution in [0.4, 0.5) is 0 Å². The molecule has 0 aromatic heterocycles. The van der Waals surface area contributed by atoms with E-state index >= 15 is 0 Å². The van der Waals surface area contributed by atoms with Crippen LogP contribution in [0.15, 0.2) is 0 Å². The monoisotopic (exact) mass is 205 g/mol. The lowest BCUT2D eigenvalue weighted by Crippen LogP contribution is -2.24.